The molecular weight excluding hydrogens is 170 g/mol. The second-order valence-corrected chi connectivity index (χ2v) is 3.71. The van der Waals surface area contributed by atoms with E-state index in [9.17, 15) is 4.79 Å². The van der Waals surface area contributed by atoms with E-state index in [1.165, 1.54) is 11.0 Å². The second-order valence-electron chi connectivity index (χ2n) is 2.42. The number of carbonyl (C=O) groups excluding carboxylic acids is 1. The first-order valence-electron chi connectivity index (χ1n) is 3.52. The lowest BCUT2D eigenvalue weighted by molar-refractivity contribution is 0.564. The fourth-order valence-corrected chi connectivity index (χ4v) is 1.66. The maximum atomic E-state index is 9.82. The molecule has 0 atom stereocenters. The molecule has 0 radical (unpaired) electrons. The molecule has 1 rings (SSSR count). The van der Waals surface area contributed by atoms with Crippen molar-refractivity contribution in [3.05, 3.63) is 28.5 Å². The highest BCUT2D eigenvalue weighted by molar-refractivity contribution is 7.13. The Balaban J connectivity index is 2.71. The molecule has 1 aromatic rings. The fraction of sp³-hybridized carbons (Fsp3) is 0.222. The summed E-state index contributed by atoms with van der Waals surface area (Å²) < 4.78 is 0. The average molecular weight is 179 g/mol. The van der Waals surface area contributed by atoms with Crippen LogP contribution in [0.15, 0.2) is 23.7 Å². The van der Waals surface area contributed by atoms with Crippen molar-refractivity contribution in [3.8, 4) is 0 Å². The van der Waals surface area contributed by atoms with Gasteiger partial charge in [0, 0.05) is 9.75 Å². The van der Waals surface area contributed by atoms with Gasteiger partial charge in [-0.2, -0.15) is 0 Å². The Bertz CT molecular complexity index is 334. The molecule has 0 bridgehead atoms. The van der Waals surface area contributed by atoms with Crippen molar-refractivity contribution in [3.63, 3.8) is 0 Å². The maximum absolute atomic E-state index is 9.82. The van der Waals surface area contributed by atoms with Crippen LogP contribution >= 0.6 is 11.3 Å². The van der Waals surface area contributed by atoms with Gasteiger partial charge in [0.2, 0.25) is 6.08 Å². The van der Waals surface area contributed by atoms with E-state index in [1.807, 2.05) is 19.1 Å². The Labute approximate surface area is 75.3 Å². The quantitative estimate of drug-likeness (QED) is 0.517. The largest absolute Gasteiger partial charge is 0.235 e. The zero-order chi connectivity index (χ0) is 8.97. The SMILES string of the molecule is C=C(CN=C=O)c1ccc(C)s1. The van der Waals surface area contributed by atoms with E-state index < -0.39 is 0 Å². The molecule has 0 saturated heterocycles. The Morgan fingerprint density at radius 1 is 1.75 bits per heavy atom. The normalized spacial score (nSPS) is 9.08. The molecule has 0 aliphatic heterocycles. The Hall–Kier alpha value is -1.18. The fourth-order valence-electron chi connectivity index (χ4n) is 0.830. The van der Waals surface area contributed by atoms with Gasteiger partial charge in [-0.3, -0.25) is 0 Å². The molecule has 1 heterocycles. The summed E-state index contributed by atoms with van der Waals surface area (Å²) >= 11 is 1.66. The molecule has 3 heteroatoms. The first kappa shape index (κ1) is 8.91. The van der Waals surface area contributed by atoms with E-state index in [0.29, 0.717) is 6.54 Å². The molecular formula is C9H9NOS. The summed E-state index contributed by atoms with van der Waals surface area (Å²) in [5, 5.41) is 0. The van der Waals surface area contributed by atoms with Gasteiger partial charge in [-0.25, -0.2) is 9.79 Å². The van der Waals surface area contributed by atoms with Gasteiger partial charge >= 0.3 is 0 Å². The first-order valence-corrected chi connectivity index (χ1v) is 4.34. The maximum Gasteiger partial charge on any atom is 0.235 e. The minimum absolute atomic E-state index is 0.351. The van der Waals surface area contributed by atoms with Gasteiger partial charge < -0.3 is 0 Å². The summed E-state index contributed by atoms with van der Waals surface area (Å²) in [6.07, 6.45) is 1.49. The summed E-state index contributed by atoms with van der Waals surface area (Å²) in [4.78, 5) is 15.6. The number of hydrogen-bond acceptors (Lipinski definition) is 3. The number of nitrogens with zero attached hydrogens (tertiary/aromatic N) is 1. The number of aliphatic imine (C=N–C) groups is 1. The van der Waals surface area contributed by atoms with Gasteiger partial charge in [-0.1, -0.05) is 6.58 Å². The molecule has 62 valence electrons. The van der Waals surface area contributed by atoms with Gasteiger partial charge in [-0.05, 0) is 24.6 Å². The average Bonchev–Trinajstić information content (AvgIpc) is 2.47. The minimum Gasteiger partial charge on any atom is -0.211 e. The molecule has 0 amide bonds. The number of isocyanates is 1. The van der Waals surface area contributed by atoms with Crippen LogP contribution in [0.25, 0.3) is 5.57 Å². The first-order chi connectivity index (χ1) is 5.74. The van der Waals surface area contributed by atoms with Crippen molar-refractivity contribution in [2.75, 3.05) is 6.54 Å². The number of rotatable bonds is 3. The molecule has 0 aliphatic rings. The van der Waals surface area contributed by atoms with Crippen LogP contribution in [0.5, 0.6) is 0 Å². The van der Waals surface area contributed by atoms with Crippen molar-refractivity contribution >= 4 is 23.0 Å². The van der Waals surface area contributed by atoms with Crippen molar-refractivity contribution in [1.29, 1.82) is 0 Å². The van der Waals surface area contributed by atoms with Crippen LogP contribution in [0.1, 0.15) is 9.75 Å². The number of aryl methyl sites for hydroxylation is 1. The topological polar surface area (TPSA) is 29.4 Å². The molecule has 1 aromatic heterocycles. The lowest BCUT2D eigenvalue weighted by atomic mass is 10.2. The van der Waals surface area contributed by atoms with Crippen LogP contribution < -0.4 is 0 Å². The van der Waals surface area contributed by atoms with Gasteiger partial charge in [0.05, 0.1) is 6.54 Å². The van der Waals surface area contributed by atoms with Crippen molar-refractivity contribution in [2.24, 2.45) is 4.99 Å². The van der Waals surface area contributed by atoms with Gasteiger partial charge in [-0.15, -0.1) is 11.3 Å². The summed E-state index contributed by atoms with van der Waals surface area (Å²) in [6, 6.07) is 4.01. The zero-order valence-electron chi connectivity index (χ0n) is 6.83. The van der Waals surface area contributed by atoms with E-state index in [0.717, 1.165) is 10.5 Å². The summed E-state index contributed by atoms with van der Waals surface area (Å²) in [7, 11) is 0. The zero-order valence-corrected chi connectivity index (χ0v) is 7.65. The second kappa shape index (κ2) is 4.00. The van der Waals surface area contributed by atoms with Gasteiger partial charge in [0.1, 0.15) is 0 Å². The van der Waals surface area contributed by atoms with Gasteiger partial charge in [0.15, 0.2) is 0 Å². The predicted molar refractivity (Wildman–Crippen MR) is 51.1 cm³/mol. The molecule has 0 saturated carbocycles. The van der Waals surface area contributed by atoms with E-state index >= 15 is 0 Å². The van der Waals surface area contributed by atoms with Gasteiger partial charge in [0.25, 0.3) is 0 Å². The lowest BCUT2D eigenvalue weighted by Gasteiger charge is -1.94. The minimum atomic E-state index is 0.351. The van der Waals surface area contributed by atoms with Crippen LogP contribution in [-0.2, 0) is 4.79 Å². The molecule has 0 aromatic carbocycles. The third-order valence-electron chi connectivity index (χ3n) is 1.42. The van der Waals surface area contributed by atoms with Crippen LogP contribution in [0.2, 0.25) is 0 Å². The Morgan fingerprint density at radius 2 is 2.50 bits per heavy atom. The molecule has 0 aliphatic carbocycles. The highest BCUT2D eigenvalue weighted by Gasteiger charge is 1.99. The lowest BCUT2D eigenvalue weighted by Crippen LogP contribution is -1.81. The highest BCUT2D eigenvalue weighted by Crippen LogP contribution is 2.22. The molecule has 12 heavy (non-hydrogen) atoms. The van der Waals surface area contributed by atoms with E-state index in [2.05, 4.69) is 11.6 Å². The Morgan fingerprint density at radius 3 is 3.00 bits per heavy atom. The van der Waals surface area contributed by atoms with Crippen molar-refractivity contribution < 1.29 is 4.79 Å². The van der Waals surface area contributed by atoms with Crippen LogP contribution in [0.4, 0.5) is 0 Å². The van der Waals surface area contributed by atoms with E-state index in [1.54, 1.807) is 11.3 Å². The van der Waals surface area contributed by atoms with Crippen LogP contribution in [-0.4, -0.2) is 12.6 Å². The monoisotopic (exact) mass is 179 g/mol. The van der Waals surface area contributed by atoms with E-state index in [-0.39, 0.29) is 0 Å². The Kier molecular flexibility index (Phi) is 2.97. The van der Waals surface area contributed by atoms with E-state index in [4.69, 9.17) is 0 Å². The number of hydrogen-bond donors (Lipinski definition) is 0. The third kappa shape index (κ3) is 2.16. The highest BCUT2D eigenvalue weighted by atomic mass is 32.1. The molecule has 0 spiro atoms. The summed E-state index contributed by atoms with van der Waals surface area (Å²) in [5.74, 6) is 0. The molecule has 2 nitrogen and oxygen atoms in total. The standard InChI is InChI=1S/C9H9NOS/c1-7(5-10-6-11)9-4-3-8(2)12-9/h3-4H,1,5H2,2H3. The predicted octanol–water partition coefficient (Wildman–Crippen LogP) is 2.41. The smallest absolute Gasteiger partial charge is 0.211 e. The number of thiophene rings is 1. The van der Waals surface area contributed by atoms with Crippen molar-refractivity contribution in [2.45, 2.75) is 6.92 Å². The molecule has 0 fully saturated rings. The van der Waals surface area contributed by atoms with Crippen LogP contribution in [0, 0.1) is 6.92 Å². The van der Waals surface area contributed by atoms with Crippen molar-refractivity contribution in [1.82, 2.24) is 0 Å². The molecule has 0 unspecified atom stereocenters. The summed E-state index contributed by atoms with van der Waals surface area (Å²) in [5.41, 5.74) is 0.872. The molecule has 0 N–H and O–H groups in total. The van der Waals surface area contributed by atoms with Crippen LogP contribution in [0.3, 0.4) is 0 Å². The third-order valence-corrected chi connectivity index (χ3v) is 2.53. The summed E-state index contributed by atoms with van der Waals surface area (Å²) in [6.45, 7) is 6.20.